The monoisotopic (exact) mass is 399 g/mol. The highest BCUT2D eigenvalue weighted by atomic mass is 35.5. The largest absolute Gasteiger partial charge is 0.316 e. The molecule has 2 N–H and O–H groups in total. The first-order valence-electron chi connectivity index (χ1n) is 8.63. The molecule has 1 amide bonds. The van der Waals surface area contributed by atoms with E-state index < -0.39 is 0 Å². The third-order valence-corrected chi connectivity index (χ3v) is 4.65. The number of carbonyl (C=O) groups is 1. The smallest absolute Gasteiger partial charge is 0.225 e. The number of rotatable bonds is 6. The van der Waals surface area contributed by atoms with Crippen molar-refractivity contribution in [3.8, 4) is 0 Å². The van der Waals surface area contributed by atoms with E-state index in [4.69, 9.17) is 0 Å². The summed E-state index contributed by atoms with van der Waals surface area (Å²) in [5.74, 6) is 1.63. The molecule has 0 spiro atoms. The molecular formula is C18H27Cl2N5O. The van der Waals surface area contributed by atoms with Crippen molar-refractivity contribution in [3.05, 3.63) is 42.4 Å². The fraction of sp³-hybridized carbons (Fsp3) is 0.500. The highest BCUT2D eigenvalue weighted by Crippen LogP contribution is 2.22. The maximum atomic E-state index is 12.2. The Morgan fingerprint density at radius 3 is 2.81 bits per heavy atom. The minimum Gasteiger partial charge on any atom is -0.316 e. The zero-order valence-corrected chi connectivity index (χ0v) is 16.6. The quantitative estimate of drug-likeness (QED) is 0.782. The first-order chi connectivity index (χ1) is 11.7. The van der Waals surface area contributed by atoms with Gasteiger partial charge in [0.05, 0.1) is 6.54 Å². The second kappa shape index (κ2) is 11.2. The number of halogens is 2. The van der Waals surface area contributed by atoms with Crippen molar-refractivity contribution < 1.29 is 4.79 Å². The lowest BCUT2D eigenvalue weighted by Crippen LogP contribution is -2.34. The molecule has 1 aliphatic rings. The summed E-state index contributed by atoms with van der Waals surface area (Å²) >= 11 is 0. The van der Waals surface area contributed by atoms with Crippen LogP contribution in [0.1, 0.15) is 31.7 Å². The van der Waals surface area contributed by atoms with Gasteiger partial charge in [0.25, 0.3) is 0 Å². The fourth-order valence-electron chi connectivity index (χ4n) is 3.21. The lowest BCUT2D eigenvalue weighted by Gasteiger charge is -2.27. The second-order valence-corrected chi connectivity index (χ2v) is 6.59. The standard InChI is InChI=1S/C18H25N5O.2ClH/c1-14(16-3-2-7-20-12-16)11-18(24)21-17-6-10-23(22-17)13-15-4-8-19-9-5-15;;/h4-6,8-10,14,16,20H,2-3,7,11-13H2,1H3,(H,21,22,24);2*1H. The SMILES string of the molecule is CC(CC(=O)Nc1ccn(Cc2ccncc2)n1)C1CCCNC1.Cl.Cl. The van der Waals surface area contributed by atoms with Crippen LogP contribution in [0.4, 0.5) is 5.82 Å². The van der Waals surface area contributed by atoms with Crippen LogP contribution < -0.4 is 10.6 Å². The van der Waals surface area contributed by atoms with Gasteiger partial charge in [-0.3, -0.25) is 14.5 Å². The lowest BCUT2D eigenvalue weighted by molar-refractivity contribution is -0.117. The highest BCUT2D eigenvalue weighted by molar-refractivity contribution is 5.89. The Hall–Kier alpha value is -1.63. The Kier molecular flexibility index (Phi) is 9.62. The minimum absolute atomic E-state index is 0. The molecule has 2 aromatic rings. The second-order valence-electron chi connectivity index (χ2n) is 6.59. The molecule has 1 aliphatic heterocycles. The van der Waals surface area contributed by atoms with Crippen molar-refractivity contribution in [3.63, 3.8) is 0 Å². The van der Waals surface area contributed by atoms with E-state index in [0.717, 1.165) is 18.7 Å². The Balaban J connectivity index is 0.00000169. The van der Waals surface area contributed by atoms with Gasteiger partial charge in [-0.1, -0.05) is 6.92 Å². The number of pyridine rings is 1. The van der Waals surface area contributed by atoms with Gasteiger partial charge in [-0.05, 0) is 55.5 Å². The molecule has 1 fully saturated rings. The number of nitrogens with one attached hydrogen (secondary N) is 2. The van der Waals surface area contributed by atoms with Gasteiger partial charge in [0, 0.05) is 31.1 Å². The van der Waals surface area contributed by atoms with E-state index in [1.165, 1.54) is 12.8 Å². The van der Waals surface area contributed by atoms with Crippen molar-refractivity contribution in [2.75, 3.05) is 18.4 Å². The summed E-state index contributed by atoms with van der Waals surface area (Å²) in [6.45, 7) is 4.96. The van der Waals surface area contributed by atoms with Gasteiger partial charge >= 0.3 is 0 Å². The number of carbonyl (C=O) groups excluding carboxylic acids is 1. The number of amides is 1. The van der Waals surface area contributed by atoms with E-state index in [9.17, 15) is 4.79 Å². The molecule has 0 aromatic carbocycles. The van der Waals surface area contributed by atoms with Gasteiger partial charge in [0.2, 0.25) is 5.91 Å². The van der Waals surface area contributed by atoms with Gasteiger partial charge in [-0.15, -0.1) is 24.8 Å². The van der Waals surface area contributed by atoms with E-state index in [1.54, 1.807) is 12.4 Å². The maximum absolute atomic E-state index is 12.2. The summed E-state index contributed by atoms with van der Waals surface area (Å²) in [7, 11) is 0. The molecule has 3 rings (SSSR count). The molecule has 26 heavy (non-hydrogen) atoms. The average molecular weight is 400 g/mol. The van der Waals surface area contributed by atoms with Crippen LogP contribution in [0.25, 0.3) is 0 Å². The van der Waals surface area contributed by atoms with Gasteiger partial charge in [0.1, 0.15) is 0 Å². The zero-order valence-electron chi connectivity index (χ0n) is 14.9. The average Bonchev–Trinajstić information content (AvgIpc) is 3.03. The van der Waals surface area contributed by atoms with Crippen molar-refractivity contribution in [1.29, 1.82) is 0 Å². The number of anilines is 1. The van der Waals surface area contributed by atoms with Crippen LogP contribution in [0.3, 0.4) is 0 Å². The van der Waals surface area contributed by atoms with E-state index in [0.29, 0.717) is 30.6 Å². The molecule has 144 valence electrons. The summed E-state index contributed by atoms with van der Waals surface area (Å²) in [4.78, 5) is 16.3. The molecular weight excluding hydrogens is 373 g/mol. The third kappa shape index (κ3) is 6.59. The van der Waals surface area contributed by atoms with Crippen molar-refractivity contribution in [1.82, 2.24) is 20.1 Å². The molecule has 0 bridgehead atoms. The molecule has 3 heterocycles. The van der Waals surface area contributed by atoms with Crippen LogP contribution in [0.15, 0.2) is 36.8 Å². The summed E-state index contributed by atoms with van der Waals surface area (Å²) in [6.07, 6.45) is 8.37. The number of hydrogen-bond acceptors (Lipinski definition) is 4. The van der Waals surface area contributed by atoms with E-state index in [-0.39, 0.29) is 30.7 Å². The Labute approximate surface area is 167 Å². The topological polar surface area (TPSA) is 71.8 Å². The molecule has 2 unspecified atom stereocenters. The Morgan fingerprint density at radius 2 is 2.12 bits per heavy atom. The van der Waals surface area contributed by atoms with Crippen molar-refractivity contribution >= 4 is 36.5 Å². The van der Waals surface area contributed by atoms with Crippen LogP contribution in [0.2, 0.25) is 0 Å². The summed E-state index contributed by atoms with van der Waals surface area (Å²) in [6, 6.07) is 5.76. The van der Waals surface area contributed by atoms with E-state index in [1.807, 2.05) is 29.1 Å². The lowest BCUT2D eigenvalue weighted by atomic mass is 9.85. The number of nitrogens with zero attached hydrogens (tertiary/aromatic N) is 3. The van der Waals surface area contributed by atoms with Gasteiger partial charge in [0.15, 0.2) is 5.82 Å². The highest BCUT2D eigenvalue weighted by Gasteiger charge is 2.22. The van der Waals surface area contributed by atoms with Crippen LogP contribution >= 0.6 is 24.8 Å². The molecule has 2 aromatic heterocycles. The summed E-state index contributed by atoms with van der Waals surface area (Å²) < 4.78 is 1.82. The molecule has 2 atom stereocenters. The van der Waals surface area contributed by atoms with Crippen LogP contribution in [-0.4, -0.2) is 33.8 Å². The summed E-state index contributed by atoms with van der Waals surface area (Å²) in [5, 5.41) is 10.7. The molecule has 0 saturated carbocycles. The Morgan fingerprint density at radius 1 is 1.35 bits per heavy atom. The normalized spacial score (nSPS) is 17.5. The van der Waals surface area contributed by atoms with Crippen molar-refractivity contribution in [2.24, 2.45) is 11.8 Å². The van der Waals surface area contributed by atoms with Crippen molar-refractivity contribution in [2.45, 2.75) is 32.7 Å². The van der Waals surface area contributed by atoms with Gasteiger partial charge in [-0.25, -0.2) is 0 Å². The first kappa shape index (κ1) is 22.4. The van der Waals surface area contributed by atoms with Crippen LogP contribution in [-0.2, 0) is 11.3 Å². The number of aromatic nitrogens is 3. The first-order valence-corrected chi connectivity index (χ1v) is 8.63. The molecule has 0 aliphatic carbocycles. The number of piperidine rings is 1. The Bertz CT molecular complexity index is 659. The van der Waals surface area contributed by atoms with E-state index in [2.05, 4.69) is 27.6 Å². The summed E-state index contributed by atoms with van der Waals surface area (Å²) in [5.41, 5.74) is 1.13. The van der Waals surface area contributed by atoms with E-state index >= 15 is 0 Å². The predicted octanol–water partition coefficient (Wildman–Crippen LogP) is 3.13. The number of hydrogen-bond donors (Lipinski definition) is 2. The van der Waals surface area contributed by atoms with Crippen LogP contribution in [0, 0.1) is 11.8 Å². The fourth-order valence-corrected chi connectivity index (χ4v) is 3.21. The van der Waals surface area contributed by atoms with Gasteiger partial charge < -0.3 is 10.6 Å². The molecule has 1 saturated heterocycles. The molecule has 6 nitrogen and oxygen atoms in total. The molecule has 8 heteroatoms. The predicted molar refractivity (Wildman–Crippen MR) is 108 cm³/mol. The molecule has 0 radical (unpaired) electrons. The minimum atomic E-state index is 0. The third-order valence-electron chi connectivity index (χ3n) is 4.65. The zero-order chi connectivity index (χ0) is 16.8. The maximum Gasteiger partial charge on any atom is 0.225 e. The van der Waals surface area contributed by atoms with Gasteiger partial charge in [-0.2, -0.15) is 5.10 Å². The van der Waals surface area contributed by atoms with Crippen LogP contribution in [0.5, 0.6) is 0 Å².